The second-order valence-corrected chi connectivity index (χ2v) is 2.48. The van der Waals surface area contributed by atoms with Gasteiger partial charge in [0.25, 0.3) is 0 Å². The fraction of sp³-hybridized carbons (Fsp3) is 0.143. The minimum absolute atomic E-state index is 0.454. The van der Waals surface area contributed by atoms with E-state index in [1.54, 1.807) is 6.92 Å². The number of hydrogen-bond donors (Lipinski definition) is 2. The number of anilines is 1. The molecule has 2 N–H and O–H groups in total. The smallest absolute Gasteiger partial charge is 0.212 e. The van der Waals surface area contributed by atoms with Crippen LogP contribution in [0, 0.1) is 6.92 Å². The van der Waals surface area contributed by atoms with Gasteiger partial charge in [-0.15, -0.1) is 0 Å². The molecule has 0 spiro atoms. The number of fused-ring (bicyclic) bond motifs is 1. The molecule has 0 unspecified atom stereocenters. The van der Waals surface area contributed by atoms with Crippen LogP contribution in [0.15, 0.2) is 6.33 Å². The maximum atomic E-state index is 10.2. The molecule has 0 aliphatic carbocycles. The number of rotatable bonds is 2. The van der Waals surface area contributed by atoms with Crippen LogP contribution in [-0.4, -0.2) is 26.3 Å². The predicted molar refractivity (Wildman–Crippen MR) is 46.1 cm³/mol. The SMILES string of the molecule is Cc1nc(NC=O)c2[nH]cnc2n1. The summed E-state index contributed by atoms with van der Waals surface area (Å²) in [6.07, 6.45) is 2.08. The second kappa shape index (κ2) is 2.81. The molecule has 0 fully saturated rings. The molecule has 0 saturated heterocycles. The van der Waals surface area contributed by atoms with Crippen LogP contribution in [-0.2, 0) is 4.79 Å². The number of imidazole rings is 1. The average Bonchev–Trinajstić information content (AvgIpc) is 2.52. The van der Waals surface area contributed by atoms with E-state index in [0.717, 1.165) is 0 Å². The van der Waals surface area contributed by atoms with Gasteiger partial charge in [-0.05, 0) is 6.92 Å². The number of aryl methyl sites for hydroxylation is 1. The molecule has 2 rings (SSSR count). The summed E-state index contributed by atoms with van der Waals surface area (Å²) in [5, 5.41) is 2.47. The third-order valence-corrected chi connectivity index (χ3v) is 1.59. The molecule has 0 saturated carbocycles. The standard InChI is InChI=1S/C7H7N5O/c1-4-11-6-5(8-2-9-6)7(12-4)10-3-13/h2-3H,1H3,(H2,8,9,10,11,12,13). The van der Waals surface area contributed by atoms with Gasteiger partial charge in [0.05, 0.1) is 6.33 Å². The van der Waals surface area contributed by atoms with E-state index in [4.69, 9.17) is 0 Å². The summed E-state index contributed by atoms with van der Waals surface area (Å²) in [5.41, 5.74) is 1.19. The van der Waals surface area contributed by atoms with Gasteiger partial charge in [-0.2, -0.15) is 0 Å². The zero-order chi connectivity index (χ0) is 9.26. The first-order valence-electron chi connectivity index (χ1n) is 3.69. The van der Waals surface area contributed by atoms with Crippen molar-refractivity contribution in [3.05, 3.63) is 12.2 Å². The molecule has 1 amide bonds. The van der Waals surface area contributed by atoms with Crippen LogP contribution >= 0.6 is 0 Å². The molecule has 0 aliphatic rings. The highest BCUT2D eigenvalue weighted by Crippen LogP contribution is 2.14. The van der Waals surface area contributed by atoms with E-state index in [9.17, 15) is 4.79 Å². The van der Waals surface area contributed by atoms with Crippen LogP contribution in [0.1, 0.15) is 5.82 Å². The molecule has 66 valence electrons. The van der Waals surface area contributed by atoms with Gasteiger partial charge < -0.3 is 10.3 Å². The van der Waals surface area contributed by atoms with Crippen molar-refractivity contribution >= 4 is 23.4 Å². The van der Waals surface area contributed by atoms with E-state index in [1.165, 1.54) is 6.33 Å². The summed E-state index contributed by atoms with van der Waals surface area (Å²) < 4.78 is 0. The fourth-order valence-corrected chi connectivity index (χ4v) is 1.10. The number of amides is 1. The van der Waals surface area contributed by atoms with Crippen molar-refractivity contribution in [2.24, 2.45) is 0 Å². The molecule has 0 aliphatic heterocycles. The quantitative estimate of drug-likeness (QED) is 0.643. The van der Waals surface area contributed by atoms with Gasteiger partial charge in [-0.1, -0.05) is 0 Å². The first kappa shape index (κ1) is 7.66. The highest BCUT2D eigenvalue weighted by molar-refractivity contribution is 5.87. The number of H-pyrrole nitrogens is 1. The molecular formula is C7H7N5O. The minimum atomic E-state index is 0.454. The van der Waals surface area contributed by atoms with Crippen LogP contribution in [0.25, 0.3) is 11.2 Å². The van der Waals surface area contributed by atoms with Crippen LogP contribution in [0.2, 0.25) is 0 Å². The number of nitrogens with zero attached hydrogens (tertiary/aromatic N) is 3. The molecule has 2 heterocycles. The Hall–Kier alpha value is -1.98. The van der Waals surface area contributed by atoms with E-state index in [1.807, 2.05) is 0 Å². The maximum absolute atomic E-state index is 10.2. The van der Waals surface area contributed by atoms with Crippen LogP contribution in [0.5, 0.6) is 0 Å². The zero-order valence-corrected chi connectivity index (χ0v) is 6.90. The summed E-state index contributed by atoms with van der Waals surface area (Å²) in [6, 6.07) is 0. The number of carbonyl (C=O) groups is 1. The van der Waals surface area contributed by atoms with E-state index >= 15 is 0 Å². The molecular weight excluding hydrogens is 170 g/mol. The number of hydrogen-bond acceptors (Lipinski definition) is 4. The number of aromatic amines is 1. The summed E-state index contributed by atoms with van der Waals surface area (Å²) >= 11 is 0. The number of nitrogens with one attached hydrogen (secondary N) is 2. The van der Waals surface area contributed by atoms with E-state index < -0.39 is 0 Å². The first-order valence-corrected chi connectivity index (χ1v) is 3.69. The molecule has 6 heteroatoms. The van der Waals surface area contributed by atoms with Crippen molar-refractivity contribution in [1.29, 1.82) is 0 Å². The van der Waals surface area contributed by atoms with E-state index in [0.29, 0.717) is 29.2 Å². The van der Waals surface area contributed by atoms with Crippen molar-refractivity contribution in [2.45, 2.75) is 6.92 Å². The van der Waals surface area contributed by atoms with Crippen LogP contribution in [0.4, 0.5) is 5.82 Å². The maximum Gasteiger partial charge on any atom is 0.212 e. The Balaban J connectivity index is 2.69. The Bertz CT molecular complexity index is 449. The number of aromatic nitrogens is 4. The summed E-state index contributed by atoms with van der Waals surface area (Å²) in [7, 11) is 0. The lowest BCUT2D eigenvalue weighted by Gasteiger charge is -1.99. The predicted octanol–water partition coefficient (Wildman–Crippen LogP) is 0.230. The van der Waals surface area contributed by atoms with Crippen molar-refractivity contribution in [1.82, 2.24) is 19.9 Å². The highest BCUT2D eigenvalue weighted by Gasteiger charge is 2.06. The van der Waals surface area contributed by atoms with Crippen LogP contribution in [0.3, 0.4) is 0 Å². The van der Waals surface area contributed by atoms with Crippen molar-refractivity contribution in [2.75, 3.05) is 5.32 Å². The van der Waals surface area contributed by atoms with E-state index in [2.05, 4.69) is 25.3 Å². The monoisotopic (exact) mass is 177 g/mol. The lowest BCUT2D eigenvalue weighted by Crippen LogP contribution is -2.00. The molecule has 0 radical (unpaired) electrons. The average molecular weight is 177 g/mol. The third kappa shape index (κ3) is 1.22. The van der Waals surface area contributed by atoms with Gasteiger partial charge in [-0.25, -0.2) is 15.0 Å². The Morgan fingerprint density at radius 1 is 1.54 bits per heavy atom. The Labute approximate surface area is 73.4 Å². The van der Waals surface area contributed by atoms with Crippen molar-refractivity contribution < 1.29 is 4.79 Å². The Morgan fingerprint density at radius 3 is 3.15 bits per heavy atom. The molecule has 6 nitrogen and oxygen atoms in total. The fourth-order valence-electron chi connectivity index (χ4n) is 1.10. The molecule has 0 aromatic carbocycles. The van der Waals surface area contributed by atoms with Gasteiger partial charge in [-0.3, -0.25) is 4.79 Å². The van der Waals surface area contributed by atoms with Crippen molar-refractivity contribution in [3.63, 3.8) is 0 Å². The molecule has 13 heavy (non-hydrogen) atoms. The number of carbonyl (C=O) groups excluding carboxylic acids is 1. The lowest BCUT2D eigenvalue weighted by atomic mass is 10.5. The third-order valence-electron chi connectivity index (χ3n) is 1.59. The second-order valence-electron chi connectivity index (χ2n) is 2.48. The normalized spacial score (nSPS) is 10.2. The first-order chi connectivity index (χ1) is 6.31. The zero-order valence-electron chi connectivity index (χ0n) is 6.90. The summed E-state index contributed by atoms with van der Waals surface area (Å²) in [4.78, 5) is 25.2. The van der Waals surface area contributed by atoms with E-state index in [-0.39, 0.29) is 0 Å². The van der Waals surface area contributed by atoms with Gasteiger partial charge in [0.15, 0.2) is 11.5 Å². The van der Waals surface area contributed by atoms with Gasteiger partial charge in [0.2, 0.25) is 6.41 Å². The summed E-state index contributed by atoms with van der Waals surface area (Å²) in [6.45, 7) is 1.74. The minimum Gasteiger partial charge on any atom is -0.340 e. The molecule has 0 bridgehead atoms. The van der Waals surface area contributed by atoms with Gasteiger partial charge >= 0.3 is 0 Å². The molecule has 2 aromatic heterocycles. The van der Waals surface area contributed by atoms with Crippen molar-refractivity contribution in [3.8, 4) is 0 Å². The van der Waals surface area contributed by atoms with Crippen LogP contribution < -0.4 is 5.32 Å². The van der Waals surface area contributed by atoms with Gasteiger partial charge in [0.1, 0.15) is 11.3 Å². The Kier molecular flexibility index (Phi) is 1.66. The summed E-state index contributed by atoms with van der Waals surface area (Å²) in [5.74, 6) is 1.03. The Morgan fingerprint density at radius 2 is 2.38 bits per heavy atom. The molecule has 2 aromatic rings. The molecule has 0 atom stereocenters. The topological polar surface area (TPSA) is 83.6 Å². The van der Waals surface area contributed by atoms with Gasteiger partial charge in [0, 0.05) is 0 Å². The largest absolute Gasteiger partial charge is 0.340 e. The lowest BCUT2D eigenvalue weighted by molar-refractivity contribution is -0.105. The highest BCUT2D eigenvalue weighted by atomic mass is 16.1.